The Morgan fingerprint density at radius 2 is 1.53 bits per heavy atom. The van der Waals surface area contributed by atoms with E-state index in [0.717, 1.165) is 24.0 Å². The lowest BCUT2D eigenvalue weighted by molar-refractivity contribution is 0.626. The van der Waals surface area contributed by atoms with Crippen LogP contribution in [0.2, 0.25) is 0 Å². The summed E-state index contributed by atoms with van der Waals surface area (Å²) in [6.45, 7) is 4.05. The van der Waals surface area contributed by atoms with Crippen LogP contribution in [-0.2, 0) is 12.8 Å². The Kier molecular flexibility index (Phi) is 3.71. The lowest BCUT2D eigenvalue weighted by Crippen LogP contribution is -1.94. The van der Waals surface area contributed by atoms with Crippen LogP contribution in [0.25, 0.3) is 0 Å². The van der Waals surface area contributed by atoms with E-state index in [0.29, 0.717) is 0 Å². The fourth-order valence-electron chi connectivity index (χ4n) is 1.88. The minimum absolute atomic E-state index is 0.185. The average Bonchev–Trinajstić information content (AvgIpc) is 2.30. The molecule has 0 atom stereocenters. The fourth-order valence-corrected chi connectivity index (χ4v) is 1.88. The molecular formula is C16H15F. The predicted molar refractivity (Wildman–Crippen MR) is 69.4 cm³/mol. The first-order chi connectivity index (χ1) is 8.24. The van der Waals surface area contributed by atoms with Gasteiger partial charge in [0.1, 0.15) is 5.82 Å². The van der Waals surface area contributed by atoms with Crippen molar-refractivity contribution in [1.29, 1.82) is 0 Å². The topological polar surface area (TPSA) is 0 Å². The summed E-state index contributed by atoms with van der Waals surface area (Å²) in [5, 5.41) is 0. The summed E-state index contributed by atoms with van der Waals surface area (Å²) < 4.78 is 13.0. The molecule has 0 aromatic heterocycles. The normalized spacial score (nSPS) is 10.2. The van der Waals surface area contributed by atoms with Gasteiger partial charge in [-0.1, -0.05) is 54.6 Å². The van der Waals surface area contributed by atoms with Crippen molar-refractivity contribution in [2.24, 2.45) is 0 Å². The summed E-state index contributed by atoms with van der Waals surface area (Å²) in [4.78, 5) is 0. The zero-order valence-corrected chi connectivity index (χ0v) is 9.70. The Morgan fingerprint density at radius 1 is 0.882 bits per heavy atom. The van der Waals surface area contributed by atoms with Crippen LogP contribution in [0.5, 0.6) is 0 Å². The first-order valence-corrected chi connectivity index (χ1v) is 5.69. The SMILES string of the molecule is C=C(Cc1ccccc1)Cc1cccc(F)c1. The molecule has 0 bridgehead atoms. The molecule has 86 valence electrons. The molecule has 0 spiro atoms. The van der Waals surface area contributed by atoms with Gasteiger partial charge in [0.15, 0.2) is 0 Å². The predicted octanol–water partition coefficient (Wildman–Crippen LogP) is 4.17. The second-order valence-electron chi connectivity index (χ2n) is 4.22. The monoisotopic (exact) mass is 226 g/mol. The van der Waals surface area contributed by atoms with Crippen LogP contribution < -0.4 is 0 Å². The van der Waals surface area contributed by atoms with E-state index in [2.05, 4.69) is 18.7 Å². The molecule has 0 unspecified atom stereocenters. The highest BCUT2D eigenvalue weighted by atomic mass is 19.1. The van der Waals surface area contributed by atoms with Crippen LogP contribution in [0.3, 0.4) is 0 Å². The minimum atomic E-state index is -0.185. The van der Waals surface area contributed by atoms with Crippen molar-refractivity contribution in [3.63, 3.8) is 0 Å². The Labute approximate surface area is 101 Å². The van der Waals surface area contributed by atoms with Gasteiger partial charge in [-0.05, 0) is 36.1 Å². The summed E-state index contributed by atoms with van der Waals surface area (Å²) in [7, 11) is 0. The van der Waals surface area contributed by atoms with E-state index in [9.17, 15) is 4.39 Å². The molecule has 0 aliphatic heterocycles. The van der Waals surface area contributed by atoms with Crippen molar-refractivity contribution in [3.05, 3.63) is 83.7 Å². The fraction of sp³-hybridized carbons (Fsp3) is 0.125. The van der Waals surface area contributed by atoms with E-state index in [1.54, 1.807) is 12.1 Å². The molecule has 0 saturated carbocycles. The standard InChI is InChI=1S/C16H15F/c1-13(10-14-6-3-2-4-7-14)11-15-8-5-9-16(17)12-15/h2-9,12H,1,10-11H2. The second-order valence-corrected chi connectivity index (χ2v) is 4.22. The maximum Gasteiger partial charge on any atom is 0.123 e. The van der Waals surface area contributed by atoms with Gasteiger partial charge in [-0.25, -0.2) is 4.39 Å². The van der Waals surface area contributed by atoms with Crippen LogP contribution in [0.4, 0.5) is 4.39 Å². The first-order valence-electron chi connectivity index (χ1n) is 5.69. The summed E-state index contributed by atoms with van der Waals surface area (Å²) in [5.74, 6) is -0.185. The maximum atomic E-state index is 13.0. The molecule has 0 aliphatic carbocycles. The first kappa shape index (κ1) is 11.6. The van der Waals surface area contributed by atoms with Crippen molar-refractivity contribution < 1.29 is 4.39 Å². The molecule has 0 nitrogen and oxygen atoms in total. The lowest BCUT2D eigenvalue weighted by Gasteiger charge is -2.06. The third-order valence-corrected chi connectivity index (χ3v) is 2.64. The van der Waals surface area contributed by atoms with Crippen molar-refractivity contribution in [2.75, 3.05) is 0 Å². The van der Waals surface area contributed by atoms with Gasteiger partial charge in [0.25, 0.3) is 0 Å². The molecule has 0 N–H and O–H groups in total. The van der Waals surface area contributed by atoms with Gasteiger partial charge < -0.3 is 0 Å². The maximum absolute atomic E-state index is 13.0. The van der Waals surface area contributed by atoms with Gasteiger partial charge >= 0.3 is 0 Å². The summed E-state index contributed by atoms with van der Waals surface area (Å²) >= 11 is 0. The molecule has 2 aromatic rings. The Balaban J connectivity index is 1.98. The van der Waals surface area contributed by atoms with Gasteiger partial charge in [0.05, 0.1) is 0 Å². The third-order valence-electron chi connectivity index (χ3n) is 2.64. The summed E-state index contributed by atoms with van der Waals surface area (Å²) in [6.07, 6.45) is 1.57. The van der Waals surface area contributed by atoms with Crippen molar-refractivity contribution >= 4 is 0 Å². The molecule has 0 heterocycles. The number of benzene rings is 2. The second kappa shape index (κ2) is 5.44. The summed E-state index contributed by atoms with van der Waals surface area (Å²) in [5.41, 5.74) is 3.32. The van der Waals surface area contributed by atoms with E-state index in [4.69, 9.17) is 0 Å². The van der Waals surface area contributed by atoms with E-state index < -0.39 is 0 Å². The Morgan fingerprint density at radius 3 is 2.24 bits per heavy atom. The van der Waals surface area contributed by atoms with Crippen LogP contribution >= 0.6 is 0 Å². The van der Waals surface area contributed by atoms with Gasteiger partial charge in [0, 0.05) is 0 Å². The van der Waals surface area contributed by atoms with Gasteiger partial charge in [0.2, 0.25) is 0 Å². The van der Waals surface area contributed by atoms with E-state index in [1.807, 2.05) is 24.3 Å². The molecule has 0 aliphatic rings. The van der Waals surface area contributed by atoms with Crippen molar-refractivity contribution in [3.8, 4) is 0 Å². The largest absolute Gasteiger partial charge is 0.207 e. The zero-order valence-electron chi connectivity index (χ0n) is 9.70. The molecule has 1 heteroatoms. The average molecular weight is 226 g/mol. The zero-order chi connectivity index (χ0) is 12.1. The number of rotatable bonds is 4. The molecule has 2 rings (SSSR count). The number of hydrogen-bond acceptors (Lipinski definition) is 0. The van der Waals surface area contributed by atoms with Gasteiger partial charge in [-0.3, -0.25) is 0 Å². The van der Waals surface area contributed by atoms with E-state index in [-0.39, 0.29) is 5.82 Å². The van der Waals surface area contributed by atoms with Gasteiger partial charge in [-0.15, -0.1) is 0 Å². The van der Waals surface area contributed by atoms with E-state index in [1.165, 1.54) is 11.6 Å². The number of hydrogen-bond donors (Lipinski definition) is 0. The van der Waals surface area contributed by atoms with Crippen LogP contribution in [0, 0.1) is 5.82 Å². The van der Waals surface area contributed by atoms with Crippen LogP contribution in [-0.4, -0.2) is 0 Å². The molecule has 2 aromatic carbocycles. The molecule has 0 saturated heterocycles. The van der Waals surface area contributed by atoms with Crippen molar-refractivity contribution in [1.82, 2.24) is 0 Å². The Bertz CT molecular complexity index is 500. The lowest BCUT2D eigenvalue weighted by atomic mass is 10.00. The summed E-state index contributed by atoms with van der Waals surface area (Å²) in [6, 6.07) is 16.9. The van der Waals surface area contributed by atoms with Crippen LogP contribution in [0.1, 0.15) is 11.1 Å². The third kappa shape index (κ3) is 3.56. The van der Waals surface area contributed by atoms with Gasteiger partial charge in [-0.2, -0.15) is 0 Å². The molecule has 0 radical (unpaired) electrons. The molecule has 0 amide bonds. The highest BCUT2D eigenvalue weighted by Gasteiger charge is 2.00. The molecular weight excluding hydrogens is 211 g/mol. The quantitative estimate of drug-likeness (QED) is 0.686. The number of halogens is 1. The Hall–Kier alpha value is -1.89. The van der Waals surface area contributed by atoms with Crippen LogP contribution in [0.15, 0.2) is 66.7 Å². The smallest absolute Gasteiger partial charge is 0.123 e. The minimum Gasteiger partial charge on any atom is -0.207 e. The number of allylic oxidation sites excluding steroid dienone is 1. The highest BCUT2D eigenvalue weighted by molar-refractivity contribution is 5.26. The highest BCUT2D eigenvalue weighted by Crippen LogP contribution is 2.13. The molecule has 17 heavy (non-hydrogen) atoms. The van der Waals surface area contributed by atoms with E-state index >= 15 is 0 Å². The molecule has 0 fully saturated rings. The van der Waals surface area contributed by atoms with Crippen molar-refractivity contribution in [2.45, 2.75) is 12.8 Å².